The van der Waals surface area contributed by atoms with E-state index in [1.54, 1.807) is 0 Å². The average Bonchev–Trinajstić information content (AvgIpc) is 2.69. The lowest BCUT2D eigenvalue weighted by Crippen LogP contribution is -2.58. The summed E-state index contributed by atoms with van der Waals surface area (Å²) in [6, 6.07) is 16.0. The van der Waals surface area contributed by atoms with Gasteiger partial charge in [-0.15, -0.1) is 0 Å². The Bertz CT molecular complexity index is 860. The van der Waals surface area contributed by atoms with Gasteiger partial charge in [0, 0.05) is 46.0 Å². The van der Waals surface area contributed by atoms with Crippen LogP contribution >= 0.6 is 0 Å². The fraction of sp³-hybridized carbons (Fsp3) is 0.643. The van der Waals surface area contributed by atoms with Crippen LogP contribution in [0.4, 0.5) is 0 Å². The minimum atomic E-state index is -0.990. The van der Waals surface area contributed by atoms with Crippen LogP contribution in [-0.2, 0) is 0 Å². The molecule has 0 radical (unpaired) electrons. The topological polar surface area (TPSA) is 18.5 Å². The van der Waals surface area contributed by atoms with Gasteiger partial charge in [0.1, 0.15) is 11.5 Å². The summed E-state index contributed by atoms with van der Waals surface area (Å²) in [5.74, 6) is 2.01. The third kappa shape index (κ3) is 10.1. The fourth-order valence-corrected chi connectivity index (χ4v) is 91.7. The third-order valence-corrected chi connectivity index (χ3v) is 77.8. The van der Waals surface area contributed by atoms with Crippen LogP contribution in [0.15, 0.2) is 36.4 Å². The van der Waals surface area contributed by atoms with Crippen molar-refractivity contribution in [3.8, 4) is 11.5 Å². The molecule has 0 saturated heterocycles. The number of hydrogen-bond acceptors (Lipinski definition) is 2. The molecule has 0 saturated carbocycles. The maximum Gasteiger partial charge on any atom is 0.119 e. The Kier molecular flexibility index (Phi) is 11.2. The lowest BCUT2D eigenvalue weighted by Gasteiger charge is -2.37. The highest BCUT2D eigenvalue weighted by Crippen LogP contribution is 2.27. The van der Waals surface area contributed by atoms with E-state index in [-0.39, 0.29) is 0 Å². The normalized spacial score (nSPS) is 13.6. The van der Waals surface area contributed by atoms with Crippen LogP contribution in [0.5, 0.6) is 11.5 Å². The molecule has 0 heterocycles. The smallest absolute Gasteiger partial charge is 0.119 e. The quantitative estimate of drug-likeness (QED) is 0.162. The fourth-order valence-electron chi connectivity index (χ4n) is 6.67. The van der Waals surface area contributed by atoms with E-state index in [1.807, 2.05) is 0 Å². The van der Waals surface area contributed by atoms with Crippen molar-refractivity contribution in [3.63, 3.8) is 0 Å². The molecule has 8 heteroatoms. The monoisotopic (exact) mass is 592 g/mol. The standard InChI is InChI=1S/C28H56O2Si6/c1-33(2,3)31(34(4,5)6)21-13-19-29-27-17-15-26-24-28(18-16-25(26)23-27)30-20-14-22-32(35(7,8)9)36(10,11)12/h15-18,23-24,31-32H,13-14,19-22H2,1-12H3. The second-order valence-corrected chi connectivity index (χ2v) is 70.1. The van der Waals surface area contributed by atoms with E-state index < -0.39 is 46.0 Å². The number of fused-ring (bicyclic) bond motifs is 1. The summed E-state index contributed by atoms with van der Waals surface area (Å²) in [7, 11) is -5.21. The van der Waals surface area contributed by atoms with E-state index in [0.717, 1.165) is 24.7 Å². The summed E-state index contributed by atoms with van der Waals surface area (Å²) in [4.78, 5) is 0. The Morgan fingerprint density at radius 3 is 1.08 bits per heavy atom. The Hall–Kier alpha value is -0.399. The molecule has 0 aliphatic rings. The summed E-state index contributed by atoms with van der Waals surface area (Å²) in [5, 5.41) is 2.47. The minimum absolute atomic E-state index is 0.628. The molecule has 2 nitrogen and oxygen atoms in total. The SMILES string of the molecule is C[Si](C)(C)[SiH](CCCOc1ccc2cc(OCCC[SiH]([Si](C)(C)C)[Si](C)(C)C)ccc2c1)[Si](C)(C)C. The van der Waals surface area contributed by atoms with Crippen molar-refractivity contribution in [2.45, 2.75) is 103 Å². The molecule has 0 amide bonds. The van der Waals surface area contributed by atoms with Gasteiger partial charge in [-0.05, 0) is 47.9 Å². The molecule has 0 spiro atoms. The molecule has 0 atom stereocenters. The van der Waals surface area contributed by atoms with Crippen molar-refractivity contribution in [1.29, 1.82) is 0 Å². The Balaban J connectivity index is 1.89. The second-order valence-electron chi connectivity index (χ2n) is 15.2. The maximum absolute atomic E-state index is 6.21. The van der Waals surface area contributed by atoms with Gasteiger partial charge in [0.05, 0.1) is 13.2 Å². The molecule has 0 bridgehead atoms. The van der Waals surface area contributed by atoms with E-state index in [1.165, 1.54) is 35.7 Å². The average molecular weight is 593 g/mol. The van der Waals surface area contributed by atoms with Gasteiger partial charge in [-0.2, -0.15) is 0 Å². The Morgan fingerprint density at radius 1 is 0.500 bits per heavy atom. The molecule has 0 aromatic heterocycles. The highest BCUT2D eigenvalue weighted by molar-refractivity contribution is 7.60. The summed E-state index contributed by atoms with van der Waals surface area (Å²) in [5.41, 5.74) is 0. The molecular formula is C28H56O2Si6. The molecule has 2 rings (SSSR count). The molecule has 36 heavy (non-hydrogen) atoms. The molecule has 204 valence electrons. The van der Waals surface area contributed by atoms with Crippen molar-refractivity contribution in [2.75, 3.05) is 13.2 Å². The van der Waals surface area contributed by atoms with Crippen molar-refractivity contribution in [2.24, 2.45) is 0 Å². The third-order valence-electron chi connectivity index (χ3n) is 7.78. The van der Waals surface area contributed by atoms with E-state index in [4.69, 9.17) is 9.47 Å². The number of hydrogen-bond donors (Lipinski definition) is 0. The lowest BCUT2D eigenvalue weighted by molar-refractivity contribution is 0.317. The van der Waals surface area contributed by atoms with Gasteiger partial charge in [0.15, 0.2) is 0 Å². The van der Waals surface area contributed by atoms with Gasteiger partial charge in [-0.1, -0.05) is 103 Å². The second kappa shape index (κ2) is 12.6. The molecule has 2 aromatic rings. The number of rotatable bonds is 14. The summed E-state index contributed by atoms with van der Waals surface area (Å²) < 4.78 is 12.4. The van der Waals surface area contributed by atoms with Crippen LogP contribution in [0, 0.1) is 0 Å². The Labute approximate surface area is 230 Å². The van der Waals surface area contributed by atoms with E-state index >= 15 is 0 Å². The Morgan fingerprint density at radius 2 is 0.806 bits per heavy atom. The zero-order valence-electron chi connectivity index (χ0n) is 25.7. The predicted octanol–water partition coefficient (Wildman–Crippen LogP) is 8.50. The summed E-state index contributed by atoms with van der Waals surface area (Å²) in [6.07, 6.45) is 2.44. The highest BCUT2D eigenvalue weighted by atomic mass is 29.6. The van der Waals surface area contributed by atoms with E-state index in [9.17, 15) is 0 Å². The zero-order valence-corrected chi connectivity index (χ0v) is 32.0. The van der Waals surface area contributed by atoms with Crippen LogP contribution in [0.2, 0.25) is 90.7 Å². The van der Waals surface area contributed by atoms with Gasteiger partial charge in [0.2, 0.25) is 0 Å². The van der Waals surface area contributed by atoms with Crippen molar-refractivity contribution < 1.29 is 9.47 Å². The first kappa shape index (κ1) is 31.8. The zero-order chi connectivity index (χ0) is 27.4. The number of benzene rings is 2. The van der Waals surface area contributed by atoms with Crippen LogP contribution < -0.4 is 9.47 Å². The van der Waals surface area contributed by atoms with Crippen molar-refractivity contribution in [3.05, 3.63) is 36.4 Å². The highest BCUT2D eigenvalue weighted by Gasteiger charge is 2.38. The molecule has 0 unspecified atom stereocenters. The first-order valence-electron chi connectivity index (χ1n) is 14.2. The maximum atomic E-state index is 6.21. The molecule has 0 fully saturated rings. The largest absolute Gasteiger partial charge is 0.494 e. The number of ether oxygens (including phenoxy) is 2. The van der Waals surface area contributed by atoms with Crippen molar-refractivity contribution >= 4 is 56.8 Å². The molecule has 0 N–H and O–H groups in total. The van der Waals surface area contributed by atoms with Gasteiger partial charge >= 0.3 is 0 Å². The van der Waals surface area contributed by atoms with Crippen molar-refractivity contribution in [1.82, 2.24) is 0 Å². The first-order valence-corrected chi connectivity index (χ1v) is 37.1. The lowest BCUT2D eigenvalue weighted by atomic mass is 10.1. The van der Waals surface area contributed by atoms with Gasteiger partial charge in [0.25, 0.3) is 0 Å². The van der Waals surface area contributed by atoms with Crippen LogP contribution in [0.25, 0.3) is 10.8 Å². The van der Waals surface area contributed by atoms with E-state index in [0.29, 0.717) is 0 Å². The summed E-state index contributed by atoms with van der Waals surface area (Å²) in [6.45, 7) is 32.9. The molecular weight excluding hydrogens is 537 g/mol. The van der Waals surface area contributed by atoms with Crippen LogP contribution in [0.1, 0.15) is 12.8 Å². The van der Waals surface area contributed by atoms with Gasteiger partial charge < -0.3 is 9.47 Å². The van der Waals surface area contributed by atoms with E-state index in [2.05, 4.69) is 115 Å². The first-order chi connectivity index (χ1) is 16.4. The molecule has 0 aliphatic heterocycles. The van der Waals surface area contributed by atoms with Gasteiger partial charge in [-0.3, -0.25) is 0 Å². The molecule has 0 aliphatic carbocycles. The van der Waals surface area contributed by atoms with Gasteiger partial charge in [-0.25, -0.2) is 0 Å². The van der Waals surface area contributed by atoms with Crippen LogP contribution in [-0.4, -0.2) is 59.2 Å². The minimum Gasteiger partial charge on any atom is -0.494 e. The molecule has 2 aromatic carbocycles. The van der Waals surface area contributed by atoms with Crippen LogP contribution in [0.3, 0.4) is 0 Å². The summed E-state index contributed by atoms with van der Waals surface area (Å²) >= 11 is 0. The predicted molar refractivity (Wildman–Crippen MR) is 181 cm³/mol.